The van der Waals surface area contributed by atoms with Crippen LogP contribution in [-0.4, -0.2) is 17.1 Å². The van der Waals surface area contributed by atoms with Crippen molar-refractivity contribution >= 4 is 34.8 Å². The second-order valence-corrected chi connectivity index (χ2v) is 6.19. The van der Waals surface area contributed by atoms with Gasteiger partial charge in [-0.2, -0.15) is 0 Å². The van der Waals surface area contributed by atoms with Crippen molar-refractivity contribution in [2.75, 3.05) is 7.11 Å². The Morgan fingerprint density at radius 3 is 2.33 bits per heavy atom. The van der Waals surface area contributed by atoms with E-state index in [0.717, 1.165) is 18.4 Å². The van der Waals surface area contributed by atoms with Crippen LogP contribution in [0.3, 0.4) is 0 Å². The second-order valence-electron chi connectivity index (χ2n) is 5.04. The highest BCUT2D eigenvalue weighted by atomic mass is 35.5. The Kier molecular flexibility index (Phi) is 4.36. The Labute approximate surface area is 138 Å². The van der Waals surface area contributed by atoms with E-state index in [1.165, 1.54) is 0 Å². The van der Waals surface area contributed by atoms with Gasteiger partial charge in [-0.3, -0.25) is 0 Å². The summed E-state index contributed by atoms with van der Waals surface area (Å²) < 4.78 is 5.47. The summed E-state index contributed by atoms with van der Waals surface area (Å²) in [5.74, 6) is 1.000. The van der Waals surface area contributed by atoms with Gasteiger partial charge in [0.15, 0.2) is 5.82 Å². The Morgan fingerprint density at radius 1 is 1.14 bits per heavy atom. The molecule has 2 aromatic rings. The van der Waals surface area contributed by atoms with Crippen LogP contribution in [-0.2, 0) is 4.74 Å². The summed E-state index contributed by atoms with van der Waals surface area (Å²) in [5, 5.41) is 1.24. The maximum absolute atomic E-state index is 6.31. The van der Waals surface area contributed by atoms with Crippen LogP contribution in [0.25, 0.3) is 11.1 Å². The molecule has 0 N–H and O–H groups in total. The Bertz CT molecular complexity index is 651. The fraction of sp³-hybridized carbons (Fsp3) is 0.333. The molecule has 3 rings (SSSR count). The van der Waals surface area contributed by atoms with Gasteiger partial charge in [0.1, 0.15) is 16.4 Å². The second kappa shape index (κ2) is 6.09. The lowest BCUT2D eigenvalue weighted by molar-refractivity contribution is 0.0772. The molecule has 3 nitrogen and oxygen atoms in total. The molecule has 0 saturated heterocycles. The van der Waals surface area contributed by atoms with E-state index in [1.54, 1.807) is 19.2 Å². The van der Waals surface area contributed by atoms with E-state index in [2.05, 4.69) is 9.97 Å². The average Bonchev–Trinajstić information content (AvgIpc) is 3.23. The van der Waals surface area contributed by atoms with Crippen molar-refractivity contribution in [1.82, 2.24) is 9.97 Å². The van der Waals surface area contributed by atoms with Gasteiger partial charge in [0, 0.05) is 12.1 Å². The van der Waals surface area contributed by atoms with Gasteiger partial charge in [0.25, 0.3) is 0 Å². The minimum atomic E-state index is -0.145. The lowest BCUT2D eigenvalue weighted by atomic mass is 10.1. The SMILES string of the molecule is COC(c1nc(Cl)c(-c2cccc(Cl)c2)c(Cl)n1)C1CC1. The van der Waals surface area contributed by atoms with E-state index in [0.29, 0.717) is 32.6 Å². The van der Waals surface area contributed by atoms with Crippen LogP contribution in [0.1, 0.15) is 24.8 Å². The predicted molar refractivity (Wildman–Crippen MR) is 85.0 cm³/mol. The first-order valence-electron chi connectivity index (χ1n) is 6.62. The number of methoxy groups -OCH3 is 1. The summed E-state index contributed by atoms with van der Waals surface area (Å²) in [6.45, 7) is 0. The molecule has 1 aliphatic rings. The minimum absolute atomic E-state index is 0.145. The van der Waals surface area contributed by atoms with E-state index in [-0.39, 0.29) is 6.10 Å². The molecule has 110 valence electrons. The first-order chi connectivity index (χ1) is 10.1. The van der Waals surface area contributed by atoms with E-state index in [4.69, 9.17) is 39.5 Å². The lowest BCUT2D eigenvalue weighted by Crippen LogP contribution is -2.09. The largest absolute Gasteiger partial charge is 0.373 e. The summed E-state index contributed by atoms with van der Waals surface area (Å²) in [7, 11) is 1.65. The Balaban J connectivity index is 2.03. The number of hydrogen-bond acceptors (Lipinski definition) is 3. The number of hydrogen-bond donors (Lipinski definition) is 0. The van der Waals surface area contributed by atoms with Gasteiger partial charge in [0.2, 0.25) is 0 Å². The average molecular weight is 344 g/mol. The van der Waals surface area contributed by atoms with Gasteiger partial charge in [-0.05, 0) is 36.5 Å². The van der Waals surface area contributed by atoms with Crippen LogP contribution >= 0.6 is 34.8 Å². The maximum atomic E-state index is 6.31. The first-order valence-corrected chi connectivity index (χ1v) is 7.75. The monoisotopic (exact) mass is 342 g/mol. The number of halogens is 3. The molecule has 1 aromatic heterocycles. The van der Waals surface area contributed by atoms with Gasteiger partial charge < -0.3 is 4.74 Å². The minimum Gasteiger partial charge on any atom is -0.373 e. The molecule has 0 radical (unpaired) electrons. The third-order valence-electron chi connectivity index (χ3n) is 3.51. The zero-order valence-electron chi connectivity index (χ0n) is 11.3. The number of aromatic nitrogens is 2. The molecule has 1 atom stereocenters. The Hall–Kier alpha value is -0.870. The summed E-state index contributed by atoms with van der Waals surface area (Å²) in [4.78, 5) is 8.75. The third-order valence-corrected chi connectivity index (χ3v) is 4.29. The molecule has 1 aliphatic carbocycles. The van der Waals surface area contributed by atoms with Crippen molar-refractivity contribution in [3.8, 4) is 11.1 Å². The van der Waals surface area contributed by atoms with Crippen LogP contribution in [0.5, 0.6) is 0 Å². The summed E-state index contributed by atoms with van der Waals surface area (Å²) in [5.41, 5.74) is 1.39. The predicted octanol–water partition coefficient (Wildman–Crippen LogP) is 5.20. The van der Waals surface area contributed by atoms with Gasteiger partial charge in [-0.1, -0.05) is 46.9 Å². The van der Waals surface area contributed by atoms with Crippen molar-refractivity contribution < 1.29 is 4.74 Å². The van der Waals surface area contributed by atoms with Gasteiger partial charge in [0.05, 0.1) is 5.56 Å². The lowest BCUT2D eigenvalue weighted by Gasteiger charge is -2.15. The zero-order chi connectivity index (χ0) is 15.0. The Morgan fingerprint density at radius 2 is 1.81 bits per heavy atom. The quantitative estimate of drug-likeness (QED) is 0.716. The van der Waals surface area contributed by atoms with Gasteiger partial charge >= 0.3 is 0 Å². The molecule has 21 heavy (non-hydrogen) atoms. The van der Waals surface area contributed by atoms with E-state index >= 15 is 0 Å². The smallest absolute Gasteiger partial charge is 0.160 e. The molecular formula is C15H13Cl3N2O. The highest BCUT2D eigenvalue weighted by molar-refractivity contribution is 6.38. The summed E-state index contributed by atoms with van der Waals surface area (Å²) in [6.07, 6.45) is 2.09. The summed E-state index contributed by atoms with van der Waals surface area (Å²) in [6, 6.07) is 7.28. The van der Waals surface area contributed by atoms with Gasteiger partial charge in [-0.25, -0.2) is 9.97 Å². The highest BCUT2D eigenvalue weighted by Crippen LogP contribution is 2.43. The number of ether oxygens (including phenoxy) is 1. The molecule has 6 heteroatoms. The third kappa shape index (κ3) is 3.16. The molecule has 1 unspecified atom stereocenters. The fourth-order valence-electron chi connectivity index (χ4n) is 2.34. The normalized spacial score (nSPS) is 16.0. The van der Waals surface area contributed by atoms with Crippen molar-refractivity contribution in [2.45, 2.75) is 18.9 Å². The number of rotatable bonds is 4. The van der Waals surface area contributed by atoms with Crippen LogP contribution in [0.15, 0.2) is 24.3 Å². The molecule has 0 bridgehead atoms. The van der Waals surface area contributed by atoms with Crippen LogP contribution in [0, 0.1) is 5.92 Å². The molecule has 1 heterocycles. The maximum Gasteiger partial charge on any atom is 0.160 e. The molecule has 0 aliphatic heterocycles. The zero-order valence-corrected chi connectivity index (χ0v) is 13.6. The molecule has 1 saturated carbocycles. The van der Waals surface area contributed by atoms with E-state index < -0.39 is 0 Å². The van der Waals surface area contributed by atoms with Crippen LogP contribution in [0.4, 0.5) is 0 Å². The van der Waals surface area contributed by atoms with Crippen molar-refractivity contribution in [3.63, 3.8) is 0 Å². The van der Waals surface area contributed by atoms with Crippen molar-refractivity contribution in [1.29, 1.82) is 0 Å². The highest BCUT2D eigenvalue weighted by Gasteiger charge is 2.35. The summed E-state index contributed by atoms with van der Waals surface area (Å²) >= 11 is 18.6. The molecule has 1 fully saturated rings. The topological polar surface area (TPSA) is 35.0 Å². The molecular weight excluding hydrogens is 331 g/mol. The van der Waals surface area contributed by atoms with E-state index in [1.807, 2.05) is 12.1 Å². The molecule has 0 amide bonds. The fourth-order valence-corrected chi connectivity index (χ4v) is 3.15. The van der Waals surface area contributed by atoms with Crippen LogP contribution in [0.2, 0.25) is 15.3 Å². The molecule has 0 spiro atoms. The van der Waals surface area contributed by atoms with E-state index in [9.17, 15) is 0 Å². The van der Waals surface area contributed by atoms with Crippen molar-refractivity contribution in [3.05, 3.63) is 45.4 Å². The van der Waals surface area contributed by atoms with Gasteiger partial charge in [-0.15, -0.1) is 0 Å². The standard InChI is InChI=1S/C15H13Cl3N2O/c1-21-12(8-5-6-8)15-19-13(17)11(14(18)20-15)9-3-2-4-10(16)7-9/h2-4,7-8,12H,5-6H2,1H3. The number of benzene rings is 1. The first kappa shape index (κ1) is 15.0. The molecule has 1 aromatic carbocycles. The number of nitrogens with zero attached hydrogens (tertiary/aromatic N) is 2. The van der Waals surface area contributed by atoms with Crippen molar-refractivity contribution in [2.24, 2.45) is 5.92 Å². The van der Waals surface area contributed by atoms with Crippen LogP contribution < -0.4 is 0 Å².